The van der Waals surface area contributed by atoms with Crippen molar-refractivity contribution in [3.05, 3.63) is 48.8 Å². The molecule has 90 valence electrons. The maximum absolute atomic E-state index is 5.13. The Morgan fingerprint density at radius 1 is 1.11 bits per heavy atom. The second kappa shape index (κ2) is 4.41. The van der Waals surface area contributed by atoms with Gasteiger partial charge in [-0.2, -0.15) is 0 Å². The van der Waals surface area contributed by atoms with Crippen LogP contribution in [0.3, 0.4) is 0 Å². The van der Waals surface area contributed by atoms with Gasteiger partial charge in [-0.1, -0.05) is 0 Å². The highest BCUT2D eigenvalue weighted by Crippen LogP contribution is 2.25. The van der Waals surface area contributed by atoms with Gasteiger partial charge < -0.3 is 15.0 Å². The zero-order valence-corrected chi connectivity index (χ0v) is 9.97. The molecule has 1 aromatic carbocycles. The Labute approximate surface area is 105 Å². The molecule has 3 aromatic rings. The lowest BCUT2D eigenvalue weighted by Gasteiger charge is -2.08. The predicted octanol–water partition coefficient (Wildman–Crippen LogP) is 3.32. The number of benzene rings is 1. The van der Waals surface area contributed by atoms with Gasteiger partial charge in [-0.15, -0.1) is 0 Å². The van der Waals surface area contributed by atoms with Crippen molar-refractivity contribution >= 4 is 22.4 Å². The first-order valence-electron chi connectivity index (χ1n) is 5.70. The molecule has 0 saturated heterocycles. The minimum absolute atomic E-state index is 0.849. The van der Waals surface area contributed by atoms with Crippen molar-refractivity contribution in [2.45, 2.75) is 0 Å². The lowest BCUT2D eigenvalue weighted by molar-refractivity contribution is 0.415. The quantitative estimate of drug-likeness (QED) is 0.737. The monoisotopic (exact) mass is 239 g/mol. The summed E-state index contributed by atoms with van der Waals surface area (Å²) in [6.07, 6.45) is 3.67. The number of hydrogen-bond donors (Lipinski definition) is 2. The molecule has 0 saturated carbocycles. The fourth-order valence-electron chi connectivity index (χ4n) is 1.90. The van der Waals surface area contributed by atoms with Crippen LogP contribution in [0.5, 0.6) is 5.75 Å². The number of ether oxygens (including phenoxy) is 1. The van der Waals surface area contributed by atoms with Crippen molar-refractivity contribution in [1.29, 1.82) is 0 Å². The molecule has 0 amide bonds. The van der Waals surface area contributed by atoms with Crippen molar-refractivity contribution in [2.75, 3.05) is 12.4 Å². The summed E-state index contributed by atoms with van der Waals surface area (Å²) < 4.78 is 5.13. The van der Waals surface area contributed by atoms with Crippen LogP contribution in [0, 0.1) is 0 Å². The van der Waals surface area contributed by atoms with E-state index in [1.54, 1.807) is 13.3 Å². The number of hydrogen-bond acceptors (Lipinski definition) is 3. The smallest absolute Gasteiger partial charge is 0.139 e. The fraction of sp³-hybridized carbons (Fsp3) is 0.0714. The van der Waals surface area contributed by atoms with Crippen molar-refractivity contribution in [3.8, 4) is 5.75 Å². The van der Waals surface area contributed by atoms with Gasteiger partial charge in [0.1, 0.15) is 11.4 Å². The van der Waals surface area contributed by atoms with E-state index in [1.807, 2.05) is 42.6 Å². The lowest BCUT2D eigenvalue weighted by atomic mass is 10.2. The van der Waals surface area contributed by atoms with E-state index in [2.05, 4.69) is 15.3 Å². The predicted molar refractivity (Wildman–Crippen MR) is 72.4 cm³/mol. The summed E-state index contributed by atoms with van der Waals surface area (Å²) in [6.45, 7) is 0. The molecule has 0 aliphatic carbocycles. The van der Waals surface area contributed by atoms with E-state index < -0.39 is 0 Å². The molecule has 0 unspecified atom stereocenters. The van der Waals surface area contributed by atoms with E-state index in [-0.39, 0.29) is 0 Å². The van der Waals surface area contributed by atoms with Gasteiger partial charge in [-0.05, 0) is 36.4 Å². The Balaban J connectivity index is 1.93. The fourth-order valence-corrected chi connectivity index (χ4v) is 1.90. The first kappa shape index (κ1) is 10.7. The van der Waals surface area contributed by atoms with Crippen LogP contribution < -0.4 is 10.1 Å². The minimum Gasteiger partial charge on any atom is -0.497 e. The van der Waals surface area contributed by atoms with Gasteiger partial charge >= 0.3 is 0 Å². The summed E-state index contributed by atoms with van der Waals surface area (Å²) in [7, 11) is 1.66. The average molecular weight is 239 g/mol. The number of anilines is 2. The summed E-state index contributed by atoms with van der Waals surface area (Å²) in [6, 6.07) is 11.8. The maximum atomic E-state index is 5.13. The third-order valence-corrected chi connectivity index (χ3v) is 2.83. The molecule has 18 heavy (non-hydrogen) atoms. The summed E-state index contributed by atoms with van der Waals surface area (Å²) in [5.41, 5.74) is 2.93. The molecule has 0 radical (unpaired) electrons. The number of pyridine rings is 1. The molecule has 4 nitrogen and oxygen atoms in total. The van der Waals surface area contributed by atoms with Crippen molar-refractivity contribution in [1.82, 2.24) is 9.97 Å². The summed E-state index contributed by atoms with van der Waals surface area (Å²) in [5, 5.41) is 4.45. The van der Waals surface area contributed by atoms with Crippen LogP contribution in [0.15, 0.2) is 48.8 Å². The lowest BCUT2D eigenvalue weighted by Crippen LogP contribution is -1.91. The van der Waals surface area contributed by atoms with Gasteiger partial charge in [-0.25, -0.2) is 4.98 Å². The number of methoxy groups -OCH3 is 1. The number of aromatic amines is 1. The van der Waals surface area contributed by atoms with Crippen LogP contribution in [0.4, 0.5) is 11.4 Å². The topological polar surface area (TPSA) is 49.9 Å². The average Bonchev–Trinajstić information content (AvgIpc) is 2.89. The van der Waals surface area contributed by atoms with Crippen LogP contribution in [-0.4, -0.2) is 17.1 Å². The van der Waals surface area contributed by atoms with E-state index in [4.69, 9.17) is 4.74 Å². The third-order valence-electron chi connectivity index (χ3n) is 2.83. The summed E-state index contributed by atoms with van der Waals surface area (Å²) in [5.74, 6) is 0.849. The Morgan fingerprint density at radius 2 is 1.94 bits per heavy atom. The molecule has 0 bridgehead atoms. The van der Waals surface area contributed by atoms with Gasteiger partial charge in [0.2, 0.25) is 0 Å². The van der Waals surface area contributed by atoms with Gasteiger partial charge in [0, 0.05) is 23.5 Å². The van der Waals surface area contributed by atoms with Gasteiger partial charge in [0.25, 0.3) is 0 Å². The Hall–Kier alpha value is -2.49. The number of H-pyrrole nitrogens is 1. The molecule has 0 aliphatic rings. The normalized spacial score (nSPS) is 10.5. The zero-order chi connectivity index (χ0) is 12.4. The number of nitrogens with one attached hydrogen (secondary N) is 2. The minimum atomic E-state index is 0.849. The number of aromatic nitrogens is 2. The van der Waals surface area contributed by atoms with E-state index in [0.29, 0.717) is 0 Å². The van der Waals surface area contributed by atoms with Crippen LogP contribution in [0.2, 0.25) is 0 Å². The van der Waals surface area contributed by atoms with Gasteiger partial charge in [-0.3, -0.25) is 0 Å². The molecule has 4 heteroatoms. The number of nitrogens with zero attached hydrogens (tertiary/aromatic N) is 1. The number of fused-ring (bicyclic) bond motifs is 1. The van der Waals surface area contributed by atoms with Crippen LogP contribution in [0.25, 0.3) is 11.0 Å². The molecule has 3 rings (SSSR count). The van der Waals surface area contributed by atoms with Crippen LogP contribution >= 0.6 is 0 Å². The molecule has 0 spiro atoms. The molecular weight excluding hydrogens is 226 g/mol. The summed E-state index contributed by atoms with van der Waals surface area (Å²) >= 11 is 0. The largest absolute Gasteiger partial charge is 0.497 e. The van der Waals surface area contributed by atoms with Gasteiger partial charge in [0.15, 0.2) is 0 Å². The molecular formula is C14H13N3O. The van der Waals surface area contributed by atoms with E-state index in [1.165, 1.54) is 0 Å². The standard InChI is InChI=1S/C14H13N3O/c1-18-11-4-2-10(3-5-11)17-13-7-9-16-14-12(13)6-8-15-14/h2-9H,1H3,(H2,15,16,17). The first-order valence-corrected chi connectivity index (χ1v) is 5.70. The molecule has 0 atom stereocenters. The maximum Gasteiger partial charge on any atom is 0.139 e. The Bertz CT molecular complexity index is 658. The van der Waals surface area contributed by atoms with Crippen LogP contribution in [0.1, 0.15) is 0 Å². The van der Waals surface area contributed by atoms with Crippen molar-refractivity contribution in [2.24, 2.45) is 0 Å². The SMILES string of the molecule is COc1ccc(Nc2ccnc3[nH]ccc23)cc1. The second-order valence-corrected chi connectivity index (χ2v) is 3.95. The van der Waals surface area contributed by atoms with Crippen molar-refractivity contribution < 1.29 is 4.74 Å². The third kappa shape index (κ3) is 1.88. The zero-order valence-electron chi connectivity index (χ0n) is 9.97. The molecule has 2 N–H and O–H groups in total. The molecule has 2 heterocycles. The summed E-state index contributed by atoms with van der Waals surface area (Å²) in [4.78, 5) is 7.35. The number of rotatable bonds is 3. The highest BCUT2D eigenvalue weighted by Gasteiger charge is 2.02. The molecule has 2 aromatic heterocycles. The Morgan fingerprint density at radius 3 is 2.72 bits per heavy atom. The van der Waals surface area contributed by atoms with Crippen molar-refractivity contribution in [3.63, 3.8) is 0 Å². The molecule has 0 fully saturated rings. The highest BCUT2D eigenvalue weighted by atomic mass is 16.5. The van der Waals surface area contributed by atoms with Gasteiger partial charge in [0.05, 0.1) is 12.8 Å². The van der Waals surface area contributed by atoms with E-state index in [9.17, 15) is 0 Å². The van der Waals surface area contributed by atoms with Crippen LogP contribution in [-0.2, 0) is 0 Å². The van der Waals surface area contributed by atoms with E-state index in [0.717, 1.165) is 28.2 Å². The Kier molecular flexibility index (Phi) is 2.61. The molecule has 0 aliphatic heterocycles. The van der Waals surface area contributed by atoms with E-state index >= 15 is 0 Å². The second-order valence-electron chi connectivity index (χ2n) is 3.95. The first-order chi connectivity index (χ1) is 8.86. The highest BCUT2D eigenvalue weighted by molar-refractivity contribution is 5.91.